The zero-order valence-electron chi connectivity index (χ0n) is 12.1. The van der Waals surface area contributed by atoms with Gasteiger partial charge < -0.3 is 24.1 Å². The fourth-order valence-corrected chi connectivity index (χ4v) is 1.71. The van der Waals surface area contributed by atoms with E-state index < -0.39 is 5.97 Å². The Kier molecular flexibility index (Phi) is 4.89. The van der Waals surface area contributed by atoms with E-state index in [1.54, 1.807) is 13.8 Å². The molecule has 0 saturated carbocycles. The fraction of sp³-hybridized carbons (Fsp3) is 0.385. The van der Waals surface area contributed by atoms with Crippen LogP contribution >= 0.6 is 0 Å². The highest BCUT2D eigenvalue weighted by atomic mass is 16.5. The molecule has 2 N–H and O–H groups in total. The van der Waals surface area contributed by atoms with Crippen molar-refractivity contribution < 1.29 is 28.4 Å². The Bertz CT molecular complexity index is 675. The third-order valence-electron chi connectivity index (χ3n) is 2.69. The van der Waals surface area contributed by atoms with Crippen molar-refractivity contribution in [3.8, 4) is 0 Å². The van der Waals surface area contributed by atoms with Crippen molar-refractivity contribution in [3.05, 3.63) is 34.9 Å². The molecule has 0 radical (unpaired) electrons. The van der Waals surface area contributed by atoms with Gasteiger partial charge in [-0.3, -0.25) is 4.79 Å². The molecule has 2 heterocycles. The summed E-state index contributed by atoms with van der Waals surface area (Å²) < 4.78 is 15.2. The van der Waals surface area contributed by atoms with Crippen LogP contribution in [-0.2, 0) is 22.7 Å². The number of hydrogen-bond donors (Lipinski definition) is 2. The SMILES string of the molecule is Cc1noc(COCC(=O)NCc2cc(C(=O)O)c(C)o2)n1. The lowest BCUT2D eigenvalue weighted by atomic mass is 10.2. The number of aromatic carboxylic acids is 1. The van der Waals surface area contributed by atoms with Gasteiger partial charge in [-0.1, -0.05) is 5.16 Å². The molecular weight excluding hydrogens is 294 g/mol. The number of nitrogens with one attached hydrogen (secondary N) is 1. The van der Waals surface area contributed by atoms with Crippen LogP contribution in [0.4, 0.5) is 0 Å². The normalized spacial score (nSPS) is 10.6. The van der Waals surface area contributed by atoms with E-state index in [9.17, 15) is 9.59 Å². The summed E-state index contributed by atoms with van der Waals surface area (Å²) in [6.45, 7) is 3.15. The summed E-state index contributed by atoms with van der Waals surface area (Å²) in [5, 5.41) is 15.0. The van der Waals surface area contributed by atoms with Gasteiger partial charge in [0.2, 0.25) is 5.91 Å². The summed E-state index contributed by atoms with van der Waals surface area (Å²) >= 11 is 0. The highest BCUT2D eigenvalue weighted by molar-refractivity contribution is 5.88. The minimum Gasteiger partial charge on any atom is -0.478 e. The smallest absolute Gasteiger partial charge is 0.339 e. The third-order valence-corrected chi connectivity index (χ3v) is 2.69. The summed E-state index contributed by atoms with van der Waals surface area (Å²) in [4.78, 5) is 26.4. The molecular formula is C13H15N3O6. The Morgan fingerprint density at radius 2 is 2.18 bits per heavy atom. The number of aromatic nitrogens is 2. The first-order chi connectivity index (χ1) is 10.5. The van der Waals surface area contributed by atoms with Crippen LogP contribution in [0.5, 0.6) is 0 Å². The zero-order valence-corrected chi connectivity index (χ0v) is 12.1. The summed E-state index contributed by atoms with van der Waals surface area (Å²) in [7, 11) is 0. The molecule has 22 heavy (non-hydrogen) atoms. The molecule has 9 nitrogen and oxygen atoms in total. The van der Waals surface area contributed by atoms with Gasteiger partial charge >= 0.3 is 5.97 Å². The van der Waals surface area contributed by atoms with E-state index in [1.807, 2.05) is 0 Å². The summed E-state index contributed by atoms with van der Waals surface area (Å²) in [6.07, 6.45) is 0. The van der Waals surface area contributed by atoms with Crippen LogP contribution in [0.1, 0.15) is 33.6 Å². The number of ether oxygens (including phenoxy) is 1. The van der Waals surface area contributed by atoms with Gasteiger partial charge in [-0.2, -0.15) is 4.98 Å². The van der Waals surface area contributed by atoms with Crippen LogP contribution in [0.25, 0.3) is 0 Å². The van der Waals surface area contributed by atoms with Crippen LogP contribution in [0.3, 0.4) is 0 Å². The van der Waals surface area contributed by atoms with E-state index in [0.29, 0.717) is 17.3 Å². The van der Waals surface area contributed by atoms with Crippen LogP contribution in [0.2, 0.25) is 0 Å². The number of furan rings is 1. The Morgan fingerprint density at radius 1 is 1.41 bits per heavy atom. The number of carbonyl (C=O) groups is 2. The fourth-order valence-electron chi connectivity index (χ4n) is 1.71. The van der Waals surface area contributed by atoms with Crippen molar-refractivity contribution in [2.75, 3.05) is 6.61 Å². The average molecular weight is 309 g/mol. The van der Waals surface area contributed by atoms with Gasteiger partial charge in [-0.05, 0) is 19.9 Å². The number of nitrogens with zero attached hydrogens (tertiary/aromatic N) is 2. The zero-order chi connectivity index (χ0) is 16.1. The molecule has 0 aliphatic carbocycles. The third kappa shape index (κ3) is 4.16. The number of aryl methyl sites for hydroxylation is 2. The number of carbonyl (C=O) groups excluding carboxylic acids is 1. The number of amides is 1. The van der Waals surface area contributed by atoms with Gasteiger partial charge in [0.25, 0.3) is 5.89 Å². The highest BCUT2D eigenvalue weighted by Gasteiger charge is 2.14. The molecule has 0 aliphatic rings. The van der Waals surface area contributed by atoms with Crippen LogP contribution < -0.4 is 5.32 Å². The second-order valence-electron chi connectivity index (χ2n) is 4.49. The van der Waals surface area contributed by atoms with E-state index in [-0.39, 0.29) is 37.1 Å². The molecule has 2 rings (SSSR count). The maximum atomic E-state index is 11.6. The number of carboxylic acids is 1. The van der Waals surface area contributed by atoms with Gasteiger partial charge in [-0.15, -0.1) is 0 Å². The molecule has 0 saturated heterocycles. The second kappa shape index (κ2) is 6.85. The van der Waals surface area contributed by atoms with Crippen LogP contribution in [0, 0.1) is 13.8 Å². The van der Waals surface area contributed by atoms with E-state index in [1.165, 1.54) is 6.07 Å². The molecule has 0 aromatic carbocycles. The minimum atomic E-state index is -1.07. The van der Waals surface area contributed by atoms with Crippen LogP contribution in [-0.4, -0.2) is 33.7 Å². The maximum absolute atomic E-state index is 11.6. The van der Waals surface area contributed by atoms with Crippen molar-refractivity contribution in [2.24, 2.45) is 0 Å². The topological polar surface area (TPSA) is 128 Å². The summed E-state index contributed by atoms with van der Waals surface area (Å²) in [5.41, 5.74) is 0.0762. The van der Waals surface area contributed by atoms with E-state index >= 15 is 0 Å². The molecule has 1 amide bonds. The predicted molar refractivity (Wildman–Crippen MR) is 70.9 cm³/mol. The molecule has 0 spiro atoms. The van der Waals surface area contributed by atoms with Crippen molar-refractivity contribution in [2.45, 2.75) is 27.0 Å². The predicted octanol–water partition coefficient (Wildman–Crippen LogP) is 0.811. The van der Waals surface area contributed by atoms with E-state index in [2.05, 4.69) is 15.5 Å². The molecule has 2 aromatic rings. The first kappa shape index (κ1) is 15.7. The molecule has 0 fully saturated rings. The number of hydrogen-bond acceptors (Lipinski definition) is 7. The first-order valence-electron chi connectivity index (χ1n) is 6.42. The van der Waals surface area contributed by atoms with Gasteiger partial charge in [0, 0.05) is 0 Å². The lowest BCUT2D eigenvalue weighted by molar-refractivity contribution is -0.126. The quantitative estimate of drug-likeness (QED) is 0.769. The summed E-state index contributed by atoms with van der Waals surface area (Å²) in [6, 6.07) is 1.38. The van der Waals surface area contributed by atoms with E-state index in [0.717, 1.165) is 0 Å². The van der Waals surface area contributed by atoms with Gasteiger partial charge in [0.1, 0.15) is 30.3 Å². The Hall–Kier alpha value is -2.68. The number of carboxylic acid groups (broad SMARTS) is 1. The number of rotatable bonds is 7. The van der Waals surface area contributed by atoms with Gasteiger partial charge in [-0.25, -0.2) is 4.79 Å². The Labute approximate surface area is 125 Å². The minimum absolute atomic E-state index is 0.0390. The maximum Gasteiger partial charge on any atom is 0.339 e. The largest absolute Gasteiger partial charge is 0.478 e. The second-order valence-corrected chi connectivity index (χ2v) is 4.49. The summed E-state index contributed by atoms with van der Waals surface area (Å²) in [5.74, 6) is -0.0155. The molecule has 118 valence electrons. The van der Waals surface area contributed by atoms with Crippen molar-refractivity contribution in [3.63, 3.8) is 0 Å². The molecule has 0 bridgehead atoms. The highest BCUT2D eigenvalue weighted by Crippen LogP contribution is 2.14. The lowest BCUT2D eigenvalue weighted by Gasteiger charge is -2.03. The van der Waals surface area contributed by atoms with E-state index in [4.69, 9.17) is 18.8 Å². The Balaban J connectivity index is 1.73. The average Bonchev–Trinajstić information content (AvgIpc) is 3.02. The monoisotopic (exact) mass is 309 g/mol. The van der Waals surface area contributed by atoms with Crippen molar-refractivity contribution in [1.82, 2.24) is 15.5 Å². The van der Waals surface area contributed by atoms with Crippen molar-refractivity contribution >= 4 is 11.9 Å². The standard InChI is InChI=1S/C13H15N3O6/c1-7-10(13(18)19)3-9(21-7)4-14-11(17)5-20-6-12-15-8(2)16-22-12/h3H,4-6H2,1-2H3,(H,14,17)(H,18,19). The Morgan fingerprint density at radius 3 is 2.77 bits per heavy atom. The molecule has 0 aliphatic heterocycles. The van der Waals surface area contributed by atoms with Crippen LogP contribution in [0.15, 0.2) is 15.0 Å². The first-order valence-corrected chi connectivity index (χ1v) is 6.42. The van der Waals surface area contributed by atoms with Gasteiger partial charge in [0.05, 0.1) is 6.54 Å². The molecule has 9 heteroatoms. The molecule has 2 aromatic heterocycles. The van der Waals surface area contributed by atoms with Gasteiger partial charge in [0.15, 0.2) is 5.82 Å². The van der Waals surface area contributed by atoms with Crippen molar-refractivity contribution in [1.29, 1.82) is 0 Å². The molecule has 0 atom stereocenters. The lowest BCUT2D eigenvalue weighted by Crippen LogP contribution is -2.26. The molecule has 0 unspecified atom stereocenters.